The van der Waals surface area contributed by atoms with Gasteiger partial charge in [-0.25, -0.2) is 4.79 Å². The largest absolute Gasteiger partial charge is 0.478 e. The molecule has 0 atom stereocenters. The zero-order chi connectivity index (χ0) is 10.6. The number of hydrogen-bond donors (Lipinski definition) is 1. The van der Waals surface area contributed by atoms with Crippen molar-refractivity contribution in [1.82, 2.24) is 0 Å². The summed E-state index contributed by atoms with van der Waals surface area (Å²) in [6, 6.07) is 7.71. The average Bonchev–Trinajstić information content (AvgIpc) is 2.16. The number of carboxylic acid groups (broad SMARTS) is 1. The van der Waals surface area contributed by atoms with Crippen molar-refractivity contribution < 1.29 is 9.90 Å². The molecule has 0 bridgehead atoms. The minimum absolute atomic E-state index is 0.369. The molecule has 1 radical (unpaired) electrons. The third-order valence-corrected chi connectivity index (χ3v) is 2.08. The molecule has 0 saturated carbocycles. The highest BCUT2D eigenvalue weighted by molar-refractivity contribution is 5.85. The fourth-order valence-corrected chi connectivity index (χ4v) is 1.11. The first-order chi connectivity index (χ1) is 6.61. The Kier molecular flexibility index (Phi) is 3.46. The van der Waals surface area contributed by atoms with Crippen molar-refractivity contribution in [3.05, 3.63) is 54.0 Å². The Morgan fingerprint density at radius 2 is 2.14 bits per heavy atom. The Hall–Kier alpha value is -1.57. The first-order valence-corrected chi connectivity index (χ1v) is 4.41. The van der Waals surface area contributed by atoms with E-state index in [1.807, 2.05) is 24.3 Å². The van der Waals surface area contributed by atoms with E-state index in [4.69, 9.17) is 5.11 Å². The van der Waals surface area contributed by atoms with Gasteiger partial charge in [0.2, 0.25) is 0 Å². The molecule has 0 heterocycles. The second-order valence-electron chi connectivity index (χ2n) is 3.17. The molecule has 2 heteroatoms. The summed E-state index contributed by atoms with van der Waals surface area (Å²) in [5, 5.41) is 8.65. The van der Waals surface area contributed by atoms with E-state index in [-0.39, 0.29) is 0 Å². The Labute approximate surface area is 83.9 Å². The molecule has 0 aliphatic carbocycles. The third-order valence-electron chi connectivity index (χ3n) is 2.08. The molecule has 0 saturated heterocycles. The summed E-state index contributed by atoms with van der Waals surface area (Å²) in [6.45, 7) is 5.46. The molecule has 0 aliphatic rings. The van der Waals surface area contributed by atoms with Gasteiger partial charge in [-0.15, -0.1) is 0 Å². The fourth-order valence-electron chi connectivity index (χ4n) is 1.11. The molecule has 1 rings (SSSR count). The maximum Gasteiger partial charge on any atom is 0.330 e. The van der Waals surface area contributed by atoms with E-state index < -0.39 is 5.97 Å². The van der Waals surface area contributed by atoms with Crippen LogP contribution < -0.4 is 0 Å². The molecular formula is C12H13O2. The van der Waals surface area contributed by atoms with Gasteiger partial charge < -0.3 is 5.11 Å². The van der Waals surface area contributed by atoms with Crippen molar-refractivity contribution in [3.63, 3.8) is 0 Å². The Bertz CT molecular complexity index is 364. The van der Waals surface area contributed by atoms with Crippen LogP contribution in [0.3, 0.4) is 0 Å². The molecule has 1 aromatic rings. The zero-order valence-corrected chi connectivity index (χ0v) is 8.16. The van der Waals surface area contributed by atoms with E-state index in [0.717, 1.165) is 11.1 Å². The number of carbonyl (C=O) groups is 1. The van der Waals surface area contributed by atoms with Crippen LogP contribution >= 0.6 is 0 Å². The lowest BCUT2D eigenvalue weighted by Gasteiger charge is -2.01. The van der Waals surface area contributed by atoms with Crippen molar-refractivity contribution in [2.75, 3.05) is 0 Å². The van der Waals surface area contributed by atoms with Gasteiger partial charge >= 0.3 is 5.97 Å². The third kappa shape index (κ3) is 2.73. The van der Waals surface area contributed by atoms with Crippen LogP contribution in [-0.2, 0) is 11.2 Å². The number of allylic oxidation sites excluding steroid dienone is 1. The molecule has 73 valence electrons. The maximum absolute atomic E-state index is 10.5. The highest BCUT2D eigenvalue weighted by Crippen LogP contribution is 2.09. The van der Waals surface area contributed by atoms with Crippen molar-refractivity contribution in [3.8, 4) is 0 Å². The Balaban J connectivity index is 2.76. The standard InChI is InChI=1S/C12H13O2/c1-9-5-3-4-6-11(9)8-7-10(2)12(13)14/h3-7H,1,8H2,2H3,(H,13,14). The average molecular weight is 189 g/mol. The minimum atomic E-state index is -0.869. The second-order valence-corrected chi connectivity index (χ2v) is 3.17. The molecule has 0 aliphatic heterocycles. The first-order valence-electron chi connectivity index (χ1n) is 4.41. The SMILES string of the molecule is [CH2]c1ccccc1CC=C(C)C(=O)O. The highest BCUT2D eigenvalue weighted by Gasteiger charge is 1.99. The summed E-state index contributed by atoms with van der Waals surface area (Å²) >= 11 is 0. The van der Waals surface area contributed by atoms with E-state index in [9.17, 15) is 4.79 Å². The van der Waals surface area contributed by atoms with Crippen LogP contribution in [0.15, 0.2) is 35.9 Å². The second kappa shape index (κ2) is 4.61. The van der Waals surface area contributed by atoms with E-state index >= 15 is 0 Å². The van der Waals surface area contributed by atoms with Gasteiger partial charge in [-0.1, -0.05) is 30.3 Å². The molecule has 2 nitrogen and oxygen atoms in total. The van der Waals surface area contributed by atoms with Crippen molar-refractivity contribution >= 4 is 5.97 Å². The fraction of sp³-hybridized carbons (Fsp3) is 0.167. The molecule has 1 aromatic carbocycles. The normalized spacial score (nSPS) is 11.4. The van der Waals surface area contributed by atoms with Crippen LogP contribution in [0.5, 0.6) is 0 Å². The summed E-state index contributed by atoms with van der Waals surface area (Å²) < 4.78 is 0. The predicted molar refractivity (Wildman–Crippen MR) is 56.0 cm³/mol. The zero-order valence-electron chi connectivity index (χ0n) is 8.16. The lowest BCUT2D eigenvalue weighted by molar-refractivity contribution is -0.132. The predicted octanol–water partition coefficient (Wildman–Crippen LogP) is 2.44. The minimum Gasteiger partial charge on any atom is -0.478 e. The summed E-state index contributed by atoms with van der Waals surface area (Å²) in [6.07, 6.45) is 2.32. The summed E-state index contributed by atoms with van der Waals surface area (Å²) in [7, 11) is 0. The van der Waals surface area contributed by atoms with Gasteiger partial charge in [-0.3, -0.25) is 0 Å². The van der Waals surface area contributed by atoms with Crippen molar-refractivity contribution in [1.29, 1.82) is 0 Å². The molecular weight excluding hydrogens is 176 g/mol. The van der Waals surface area contributed by atoms with Crippen LogP contribution in [0.4, 0.5) is 0 Å². The van der Waals surface area contributed by atoms with Gasteiger partial charge in [0, 0.05) is 5.57 Å². The quantitative estimate of drug-likeness (QED) is 0.741. The van der Waals surface area contributed by atoms with E-state index in [1.165, 1.54) is 0 Å². The Morgan fingerprint density at radius 3 is 2.71 bits per heavy atom. The first kappa shape index (κ1) is 10.5. The van der Waals surface area contributed by atoms with Gasteiger partial charge in [-0.2, -0.15) is 0 Å². The summed E-state index contributed by atoms with van der Waals surface area (Å²) in [4.78, 5) is 10.5. The van der Waals surface area contributed by atoms with E-state index in [1.54, 1.807) is 13.0 Å². The van der Waals surface area contributed by atoms with Crippen molar-refractivity contribution in [2.45, 2.75) is 13.3 Å². The summed E-state index contributed by atoms with van der Waals surface area (Å²) in [5.74, 6) is -0.869. The van der Waals surface area contributed by atoms with Gasteiger partial charge in [-0.05, 0) is 31.4 Å². The van der Waals surface area contributed by atoms with Gasteiger partial charge in [0.1, 0.15) is 0 Å². The smallest absolute Gasteiger partial charge is 0.330 e. The highest BCUT2D eigenvalue weighted by atomic mass is 16.4. The number of aliphatic carboxylic acids is 1. The molecule has 0 unspecified atom stereocenters. The molecule has 0 fully saturated rings. The van der Waals surface area contributed by atoms with Crippen LogP contribution in [0.2, 0.25) is 0 Å². The van der Waals surface area contributed by atoms with Crippen LogP contribution in [0, 0.1) is 6.92 Å². The molecule has 0 amide bonds. The number of rotatable bonds is 3. The van der Waals surface area contributed by atoms with Gasteiger partial charge in [0.05, 0.1) is 0 Å². The topological polar surface area (TPSA) is 37.3 Å². The van der Waals surface area contributed by atoms with Crippen LogP contribution in [0.25, 0.3) is 0 Å². The lowest BCUT2D eigenvalue weighted by Crippen LogP contribution is -1.97. The van der Waals surface area contributed by atoms with Crippen molar-refractivity contribution in [2.24, 2.45) is 0 Å². The summed E-state index contributed by atoms with van der Waals surface area (Å²) in [5.41, 5.74) is 2.38. The Morgan fingerprint density at radius 1 is 1.50 bits per heavy atom. The van der Waals surface area contributed by atoms with Gasteiger partial charge in [0.25, 0.3) is 0 Å². The molecule has 0 aromatic heterocycles. The maximum atomic E-state index is 10.5. The monoisotopic (exact) mass is 189 g/mol. The van der Waals surface area contributed by atoms with E-state index in [0.29, 0.717) is 12.0 Å². The number of hydrogen-bond acceptors (Lipinski definition) is 1. The number of carboxylic acids is 1. The molecule has 0 spiro atoms. The molecule has 14 heavy (non-hydrogen) atoms. The number of benzene rings is 1. The molecule has 1 N–H and O–H groups in total. The van der Waals surface area contributed by atoms with Crippen LogP contribution in [-0.4, -0.2) is 11.1 Å². The van der Waals surface area contributed by atoms with E-state index in [2.05, 4.69) is 6.92 Å². The van der Waals surface area contributed by atoms with Gasteiger partial charge in [0.15, 0.2) is 0 Å². The lowest BCUT2D eigenvalue weighted by atomic mass is 10.0. The van der Waals surface area contributed by atoms with Crippen LogP contribution in [0.1, 0.15) is 18.1 Å².